The highest BCUT2D eigenvalue weighted by Crippen LogP contribution is 2.28. The van der Waals surface area contributed by atoms with E-state index in [9.17, 15) is 18.8 Å². The average molecular weight is 477 g/mol. The number of nitrogens with zero attached hydrogens (tertiary/aromatic N) is 6. The van der Waals surface area contributed by atoms with Crippen molar-refractivity contribution in [2.75, 3.05) is 55.6 Å². The zero-order valence-electron chi connectivity index (χ0n) is 19.4. The number of amides is 3. The molecule has 0 radical (unpaired) electrons. The van der Waals surface area contributed by atoms with E-state index in [1.165, 1.54) is 11.0 Å². The van der Waals surface area contributed by atoms with Crippen molar-refractivity contribution in [1.29, 1.82) is 0 Å². The third kappa shape index (κ3) is 6.41. The molecule has 0 saturated carbocycles. The minimum Gasteiger partial charge on any atom is -0.444 e. The number of carbonyl (C=O) groups is 3. The Morgan fingerprint density at radius 3 is 2.62 bits per heavy atom. The minimum absolute atomic E-state index is 0.00952. The highest BCUT2D eigenvalue weighted by Gasteiger charge is 2.32. The van der Waals surface area contributed by atoms with Crippen LogP contribution in [0.5, 0.6) is 0 Å². The fourth-order valence-corrected chi connectivity index (χ4v) is 3.65. The van der Waals surface area contributed by atoms with Crippen molar-refractivity contribution in [3.8, 4) is 0 Å². The van der Waals surface area contributed by atoms with Gasteiger partial charge in [-0.25, -0.2) is 14.0 Å². The topological polar surface area (TPSA) is 140 Å². The number of carbonyl (C=O) groups excluding carboxylic acids is 3. The second-order valence-electron chi connectivity index (χ2n) is 8.89. The maximum atomic E-state index is 14.9. The zero-order valence-corrected chi connectivity index (χ0v) is 19.4. The van der Waals surface area contributed by atoms with E-state index < -0.39 is 29.7 Å². The van der Waals surface area contributed by atoms with Gasteiger partial charge in [-0.2, -0.15) is 0 Å². The average Bonchev–Trinajstić information content (AvgIpc) is 3.15. The standard InChI is InChI=1S/C21H28FN7O5/c1-21(2,3)34-19(31)24-12-18(30)28-8-6-27(7-9-28)17-5-4-14(10-16(17)22)29-13-15(11-25-26-23)33-20(29)32/h4-5,10,15H,6-9,11-13H2,1-3H3,(H,24,31)/t15-/m1/s1. The number of benzene rings is 1. The number of azide groups is 1. The van der Waals surface area contributed by atoms with Crippen molar-refractivity contribution >= 4 is 29.5 Å². The molecule has 1 N–H and O–H groups in total. The summed E-state index contributed by atoms with van der Waals surface area (Å²) in [5.41, 5.74) is 8.46. The first kappa shape index (κ1) is 24.9. The Hall–Kier alpha value is -3.73. The molecule has 0 bridgehead atoms. The maximum absolute atomic E-state index is 14.9. The van der Waals surface area contributed by atoms with Gasteiger partial charge in [0.2, 0.25) is 5.91 Å². The van der Waals surface area contributed by atoms with Crippen LogP contribution in [0.25, 0.3) is 10.4 Å². The van der Waals surface area contributed by atoms with E-state index >= 15 is 0 Å². The third-order valence-corrected chi connectivity index (χ3v) is 5.22. The molecular weight excluding hydrogens is 449 g/mol. The second kappa shape index (κ2) is 10.5. The molecule has 2 aliphatic heterocycles. The van der Waals surface area contributed by atoms with E-state index in [0.717, 1.165) is 0 Å². The van der Waals surface area contributed by atoms with Gasteiger partial charge in [0.1, 0.15) is 24.1 Å². The number of ether oxygens (including phenoxy) is 2. The van der Waals surface area contributed by atoms with Crippen LogP contribution in [0.1, 0.15) is 20.8 Å². The summed E-state index contributed by atoms with van der Waals surface area (Å²) in [6.45, 7) is 6.76. The van der Waals surface area contributed by atoms with Crippen LogP contribution in [0.15, 0.2) is 23.3 Å². The van der Waals surface area contributed by atoms with Crippen molar-refractivity contribution in [1.82, 2.24) is 10.2 Å². The smallest absolute Gasteiger partial charge is 0.414 e. The predicted octanol–water partition coefficient (Wildman–Crippen LogP) is 2.63. The molecule has 2 heterocycles. The van der Waals surface area contributed by atoms with Gasteiger partial charge in [-0.1, -0.05) is 5.11 Å². The Labute approximate surface area is 196 Å². The number of hydrogen-bond donors (Lipinski definition) is 1. The fourth-order valence-electron chi connectivity index (χ4n) is 3.65. The van der Waals surface area contributed by atoms with E-state index in [2.05, 4.69) is 15.3 Å². The monoisotopic (exact) mass is 477 g/mol. The Bertz CT molecular complexity index is 984. The van der Waals surface area contributed by atoms with Gasteiger partial charge >= 0.3 is 12.2 Å². The van der Waals surface area contributed by atoms with Gasteiger partial charge < -0.3 is 24.6 Å². The van der Waals surface area contributed by atoms with Crippen molar-refractivity contribution in [3.63, 3.8) is 0 Å². The first-order valence-corrected chi connectivity index (χ1v) is 10.9. The number of piperazine rings is 1. The van der Waals surface area contributed by atoms with Gasteiger partial charge in [0.25, 0.3) is 0 Å². The first-order chi connectivity index (χ1) is 16.1. The molecule has 13 heteroatoms. The van der Waals surface area contributed by atoms with Crippen LogP contribution in [0.3, 0.4) is 0 Å². The molecule has 12 nitrogen and oxygen atoms in total. The van der Waals surface area contributed by atoms with Crippen molar-refractivity contribution in [2.24, 2.45) is 5.11 Å². The highest BCUT2D eigenvalue weighted by molar-refractivity contribution is 5.90. The molecule has 3 amide bonds. The van der Waals surface area contributed by atoms with Crippen molar-refractivity contribution < 1.29 is 28.2 Å². The van der Waals surface area contributed by atoms with Crippen LogP contribution < -0.4 is 15.1 Å². The third-order valence-electron chi connectivity index (χ3n) is 5.22. The molecule has 2 aliphatic rings. The molecule has 34 heavy (non-hydrogen) atoms. The van der Waals surface area contributed by atoms with Gasteiger partial charge in [0.05, 0.1) is 24.5 Å². The molecule has 0 spiro atoms. The Morgan fingerprint density at radius 2 is 2.00 bits per heavy atom. The van der Waals surface area contributed by atoms with Gasteiger partial charge in [-0.15, -0.1) is 0 Å². The van der Waals surface area contributed by atoms with E-state index in [4.69, 9.17) is 15.0 Å². The highest BCUT2D eigenvalue weighted by atomic mass is 19.1. The van der Waals surface area contributed by atoms with E-state index in [1.807, 2.05) is 4.90 Å². The molecular formula is C21H28FN7O5. The summed E-state index contributed by atoms with van der Waals surface area (Å²) < 4.78 is 25.1. The van der Waals surface area contributed by atoms with E-state index in [-0.39, 0.29) is 25.5 Å². The molecule has 1 aromatic rings. The van der Waals surface area contributed by atoms with Crippen molar-refractivity contribution in [2.45, 2.75) is 32.5 Å². The predicted molar refractivity (Wildman–Crippen MR) is 121 cm³/mol. The van der Waals surface area contributed by atoms with Crippen LogP contribution >= 0.6 is 0 Å². The largest absolute Gasteiger partial charge is 0.444 e. The van der Waals surface area contributed by atoms with Gasteiger partial charge in [-0.3, -0.25) is 9.69 Å². The van der Waals surface area contributed by atoms with Crippen LogP contribution in [0.4, 0.5) is 25.4 Å². The number of anilines is 2. The summed E-state index contributed by atoms with van der Waals surface area (Å²) in [6, 6.07) is 4.47. The lowest BCUT2D eigenvalue weighted by atomic mass is 10.2. The molecule has 0 aliphatic carbocycles. The summed E-state index contributed by atoms with van der Waals surface area (Å²) in [7, 11) is 0. The fraction of sp³-hybridized carbons (Fsp3) is 0.571. The summed E-state index contributed by atoms with van der Waals surface area (Å²) in [5, 5.41) is 5.85. The van der Waals surface area contributed by atoms with Gasteiger partial charge in [-0.05, 0) is 44.5 Å². The molecule has 0 unspecified atom stereocenters. The number of nitrogens with one attached hydrogen (secondary N) is 1. The molecule has 2 fully saturated rings. The molecule has 1 atom stereocenters. The van der Waals surface area contributed by atoms with E-state index in [1.54, 1.807) is 37.8 Å². The molecule has 3 rings (SSSR count). The molecule has 184 valence electrons. The zero-order chi connectivity index (χ0) is 24.9. The maximum Gasteiger partial charge on any atom is 0.414 e. The van der Waals surface area contributed by atoms with Crippen LogP contribution in [-0.2, 0) is 14.3 Å². The quantitative estimate of drug-likeness (QED) is 0.379. The lowest BCUT2D eigenvalue weighted by Crippen LogP contribution is -2.51. The van der Waals surface area contributed by atoms with Crippen LogP contribution in [0, 0.1) is 5.82 Å². The summed E-state index contributed by atoms with van der Waals surface area (Å²) >= 11 is 0. The molecule has 1 aromatic carbocycles. The normalized spacial score (nSPS) is 18.3. The number of hydrogen-bond acceptors (Lipinski definition) is 7. The molecule has 2 saturated heterocycles. The summed E-state index contributed by atoms with van der Waals surface area (Å²) in [6.07, 6.45) is -1.87. The molecule has 0 aromatic heterocycles. The Balaban J connectivity index is 1.52. The SMILES string of the molecule is CC(C)(C)OC(=O)NCC(=O)N1CCN(c2ccc(N3C[C@@H](CN=[N+]=[N-])OC3=O)cc2F)CC1. The van der Waals surface area contributed by atoms with Gasteiger partial charge in [0.15, 0.2) is 0 Å². The second-order valence-corrected chi connectivity index (χ2v) is 8.89. The van der Waals surface area contributed by atoms with E-state index in [0.29, 0.717) is 37.6 Å². The summed E-state index contributed by atoms with van der Waals surface area (Å²) in [4.78, 5) is 43.5. The minimum atomic E-state index is -0.660. The van der Waals surface area contributed by atoms with Crippen molar-refractivity contribution in [3.05, 3.63) is 34.5 Å². The lowest BCUT2D eigenvalue weighted by Gasteiger charge is -2.36. The Kier molecular flexibility index (Phi) is 7.67. The number of cyclic esters (lactones) is 1. The number of halogens is 1. The lowest BCUT2D eigenvalue weighted by molar-refractivity contribution is -0.130. The van der Waals surface area contributed by atoms with Gasteiger partial charge in [0, 0.05) is 31.1 Å². The summed E-state index contributed by atoms with van der Waals surface area (Å²) in [5.74, 6) is -0.751. The number of rotatable bonds is 6. The number of alkyl carbamates (subject to hydrolysis) is 1. The first-order valence-electron chi connectivity index (χ1n) is 10.9. The Morgan fingerprint density at radius 1 is 1.29 bits per heavy atom. The van der Waals surface area contributed by atoms with Crippen LogP contribution in [-0.4, -0.2) is 80.5 Å². The van der Waals surface area contributed by atoms with Crippen LogP contribution in [0.2, 0.25) is 0 Å².